The Kier molecular flexibility index (Phi) is 4.58. The Morgan fingerprint density at radius 1 is 1.32 bits per heavy atom. The van der Waals surface area contributed by atoms with E-state index in [9.17, 15) is 0 Å². The van der Waals surface area contributed by atoms with E-state index in [1.165, 1.54) is 11.3 Å². The number of aromatic nitrogens is 2. The third kappa shape index (κ3) is 3.15. The van der Waals surface area contributed by atoms with Crippen LogP contribution < -0.4 is 10.1 Å². The third-order valence-corrected chi connectivity index (χ3v) is 3.32. The Hall–Kier alpha value is -1.81. The van der Waals surface area contributed by atoms with Gasteiger partial charge in [-0.05, 0) is 31.2 Å². The van der Waals surface area contributed by atoms with Crippen molar-refractivity contribution in [2.45, 2.75) is 26.4 Å². The number of hydrogen-bond acceptors (Lipinski definition) is 3. The van der Waals surface area contributed by atoms with Gasteiger partial charge in [-0.15, -0.1) is 0 Å². The van der Waals surface area contributed by atoms with Crippen molar-refractivity contribution in [1.82, 2.24) is 14.9 Å². The molecular weight excluding hydrogens is 238 g/mol. The van der Waals surface area contributed by atoms with E-state index in [2.05, 4.69) is 40.8 Å². The second-order valence-electron chi connectivity index (χ2n) is 4.52. The Morgan fingerprint density at radius 3 is 2.68 bits per heavy atom. The highest BCUT2D eigenvalue weighted by Crippen LogP contribution is 2.22. The first-order valence-corrected chi connectivity index (χ1v) is 6.61. The summed E-state index contributed by atoms with van der Waals surface area (Å²) >= 11 is 0. The molecule has 0 aliphatic rings. The topological polar surface area (TPSA) is 39.1 Å². The number of nitrogens with zero attached hydrogens (tertiary/aromatic N) is 2. The summed E-state index contributed by atoms with van der Waals surface area (Å²) in [5.74, 6) is 0.884. The Balaban J connectivity index is 2.18. The zero-order valence-electron chi connectivity index (χ0n) is 11.8. The van der Waals surface area contributed by atoms with Crippen LogP contribution >= 0.6 is 0 Å². The van der Waals surface area contributed by atoms with E-state index in [1.54, 1.807) is 7.11 Å². The summed E-state index contributed by atoms with van der Waals surface area (Å²) in [6, 6.07) is 8.45. The van der Waals surface area contributed by atoms with Crippen LogP contribution in [-0.4, -0.2) is 23.2 Å². The summed E-state index contributed by atoms with van der Waals surface area (Å²) in [6.07, 6.45) is 3.81. The molecule has 0 aliphatic carbocycles. The average Bonchev–Trinajstić information content (AvgIpc) is 2.92. The molecule has 102 valence electrons. The lowest BCUT2D eigenvalue weighted by Gasteiger charge is -2.17. The fourth-order valence-corrected chi connectivity index (χ4v) is 2.11. The van der Waals surface area contributed by atoms with Gasteiger partial charge >= 0.3 is 0 Å². The molecule has 0 spiro atoms. The van der Waals surface area contributed by atoms with Crippen molar-refractivity contribution in [1.29, 1.82) is 0 Å². The van der Waals surface area contributed by atoms with Crippen LogP contribution in [0, 0.1) is 0 Å². The molecule has 0 saturated heterocycles. The molecule has 0 amide bonds. The maximum absolute atomic E-state index is 5.19. The Bertz CT molecular complexity index is 504. The molecule has 0 bridgehead atoms. The van der Waals surface area contributed by atoms with Crippen LogP contribution in [0.1, 0.15) is 31.1 Å². The van der Waals surface area contributed by atoms with Crippen molar-refractivity contribution < 1.29 is 4.74 Å². The molecule has 0 radical (unpaired) electrons. The first kappa shape index (κ1) is 13.6. The van der Waals surface area contributed by atoms with Gasteiger partial charge in [0.05, 0.1) is 25.2 Å². The second kappa shape index (κ2) is 6.38. The smallest absolute Gasteiger partial charge is 0.118 e. The quantitative estimate of drug-likeness (QED) is 0.866. The molecule has 0 saturated carbocycles. The van der Waals surface area contributed by atoms with Crippen LogP contribution in [-0.2, 0) is 6.54 Å². The number of imidazole rings is 1. The van der Waals surface area contributed by atoms with Gasteiger partial charge in [0.2, 0.25) is 0 Å². The van der Waals surface area contributed by atoms with Gasteiger partial charge in [-0.3, -0.25) is 0 Å². The summed E-state index contributed by atoms with van der Waals surface area (Å²) in [7, 11) is 1.68. The van der Waals surface area contributed by atoms with Crippen molar-refractivity contribution >= 4 is 0 Å². The lowest BCUT2D eigenvalue weighted by atomic mass is 10.1. The minimum absolute atomic E-state index is 0.266. The SMILES string of the molecule is CCNCc1cncn1C(C)c1ccc(OC)cc1. The summed E-state index contributed by atoms with van der Waals surface area (Å²) in [4.78, 5) is 4.25. The molecule has 1 aromatic carbocycles. The molecule has 1 unspecified atom stereocenters. The van der Waals surface area contributed by atoms with Crippen LogP contribution in [0.4, 0.5) is 0 Å². The van der Waals surface area contributed by atoms with Gasteiger partial charge in [0, 0.05) is 12.7 Å². The molecule has 1 N–H and O–H groups in total. The van der Waals surface area contributed by atoms with Crippen LogP contribution in [0.25, 0.3) is 0 Å². The molecular formula is C15H21N3O. The highest BCUT2D eigenvalue weighted by Gasteiger charge is 2.11. The Labute approximate surface area is 114 Å². The van der Waals surface area contributed by atoms with E-state index in [4.69, 9.17) is 4.74 Å². The normalized spacial score (nSPS) is 12.4. The van der Waals surface area contributed by atoms with Gasteiger partial charge in [-0.1, -0.05) is 19.1 Å². The van der Waals surface area contributed by atoms with E-state index in [0.29, 0.717) is 0 Å². The predicted octanol–water partition coefficient (Wildman–Crippen LogP) is 2.61. The summed E-state index contributed by atoms with van der Waals surface area (Å²) < 4.78 is 7.39. The number of benzene rings is 1. The van der Waals surface area contributed by atoms with Crippen molar-refractivity contribution in [2.24, 2.45) is 0 Å². The monoisotopic (exact) mass is 259 g/mol. The van der Waals surface area contributed by atoms with E-state index in [1.807, 2.05) is 24.7 Å². The Morgan fingerprint density at radius 2 is 2.05 bits per heavy atom. The van der Waals surface area contributed by atoms with Crippen LogP contribution in [0.2, 0.25) is 0 Å². The van der Waals surface area contributed by atoms with Gasteiger partial charge in [-0.25, -0.2) is 4.98 Å². The number of rotatable bonds is 6. The number of methoxy groups -OCH3 is 1. The van der Waals surface area contributed by atoms with Crippen molar-refractivity contribution in [2.75, 3.05) is 13.7 Å². The van der Waals surface area contributed by atoms with Crippen LogP contribution in [0.15, 0.2) is 36.8 Å². The molecule has 0 fully saturated rings. The number of ether oxygens (including phenoxy) is 1. The maximum Gasteiger partial charge on any atom is 0.118 e. The van der Waals surface area contributed by atoms with E-state index in [-0.39, 0.29) is 6.04 Å². The first-order valence-electron chi connectivity index (χ1n) is 6.61. The first-order chi connectivity index (χ1) is 9.26. The van der Waals surface area contributed by atoms with Gasteiger partial charge in [0.1, 0.15) is 5.75 Å². The lowest BCUT2D eigenvalue weighted by molar-refractivity contribution is 0.414. The molecule has 2 aromatic rings. The van der Waals surface area contributed by atoms with Crippen molar-refractivity contribution in [3.8, 4) is 5.75 Å². The molecule has 1 heterocycles. The van der Waals surface area contributed by atoms with E-state index < -0.39 is 0 Å². The zero-order valence-corrected chi connectivity index (χ0v) is 11.8. The number of nitrogens with one attached hydrogen (secondary N) is 1. The molecule has 4 nitrogen and oxygen atoms in total. The van der Waals surface area contributed by atoms with Crippen molar-refractivity contribution in [3.05, 3.63) is 48.0 Å². The zero-order chi connectivity index (χ0) is 13.7. The van der Waals surface area contributed by atoms with Gasteiger partial charge < -0.3 is 14.6 Å². The minimum atomic E-state index is 0.266. The predicted molar refractivity (Wildman–Crippen MR) is 76.4 cm³/mol. The maximum atomic E-state index is 5.19. The summed E-state index contributed by atoms with van der Waals surface area (Å²) in [5, 5.41) is 3.33. The van der Waals surface area contributed by atoms with E-state index >= 15 is 0 Å². The second-order valence-corrected chi connectivity index (χ2v) is 4.52. The van der Waals surface area contributed by atoms with Crippen LogP contribution in [0.3, 0.4) is 0 Å². The van der Waals surface area contributed by atoms with Gasteiger partial charge in [0.25, 0.3) is 0 Å². The minimum Gasteiger partial charge on any atom is -0.497 e. The highest BCUT2D eigenvalue weighted by molar-refractivity contribution is 5.29. The fraction of sp³-hybridized carbons (Fsp3) is 0.400. The molecule has 0 aliphatic heterocycles. The van der Waals surface area contributed by atoms with Crippen LogP contribution in [0.5, 0.6) is 5.75 Å². The summed E-state index contributed by atoms with van der Waals surface area (Å²) in [6.45, 7) is 6.09. The summed E-state index contributed by atoms with van der Waals surface area (Å²) in [5.41, 5.74) is 2.45. The molecule has 1 atom stereocenters. The molecule has 4 heteroatoms. The van der Waals surface area contributed by atoms with E-state index in [0.717, 1.165) is 18.8 Å². The van der Waals surface area contributed by atoms with Gasteiger partial charge in [-0.2, -0.15) is 0 Å². The van der Waals surface area contributed by atoms with Gasteiger partial charge in [0.15, 0.2) is 0 Å². The highest BCUT2D eigenvalue weighted by atomic mass is 16.5. The van der Waals surface area contributed by atoms with Crippen molar-refractivity contribution in [3.63, 3.8) is 0 Å². The molecule has 2 rings (SSSR count). The lowest BCUT2D eigenvalue weighted by Crippen LogP contribution is -2.17. The largest absolute Gasteiger partial charge is 0.497 e. The third-order valence-electron chi connectivity index (χ3n) is 3.32. The standard InChI is InChI=1S/C15H21N3O/c1-4-16-9-14-10-17-11-18(14)12(2)13-5-7-15(19-3)8-6-13/h5-8,10-12,16H,4,9H2,1-3H3. The fourth-order valence-electron chi connectivity index (χ4n) is 2.11. The molecule has 1 aromatic heterocycles. The molecule has 19 heavy (non-hydrogen) atoms. The average molecular weight is 259 g/mol. The number of hydrogen-bond donors (Lipinski definition) is 1.